The summed E-state index contributed by atoms with van der Waals surface area (Å²) in [4.78, 5) is 31.1. The first-order valence-corrected chi connectivity index (χ1v) is 38.2. The van der Waals surface area contributed by atoms with Crippen molar-refractivity contribution in [1.82, 2.24) is 43.6 Å². The van der Waals surface area contributed by atoms with Gasteiger partial charge in [0, 0.05) is 82.3 Å². The van der Waals surface area contributed by atoms with Gasteiger partial charge in [-0.3, -0.25) is 13.7 Å². The minimum Gasteiger partial charge on any atom is -0.438 e. The van der Waals surface area contributed by atoms with Gasteiger partial charge in [-0.2, -0.15) is 9.97 Å². The number of aromatic nitrogens is 9. The van der Waals surface area contributed by atoms with E-state index < -0.39 is 0 Å². The molecule has 4 aliphatic rings. The third-order valence-corrected chi connectivity index (χ3v) is 23.9. The van der Waals surface area contributed by atoms with Crippen molar-refractivity contribution in [2.24, 2.45) is 0 Å². The molecule has 21 aromatic rings. The molecular weight excluding hydrogens is 1380 g/mol. The lowest BCUT2D eigenvalue weighted by molar-refractivity contribution is 0.464. The Labute approximate surface area is 640 Å². The van der Waals surface area contributed by atoms with Crippen LogP contribution in [0.1, 0.15) is 25.0 Å². The van der Waals surface area contributed by atoms with Crippen LogP contribution in [0.15, 0.2) is 344 Å². The summed E-state index contributed by atoms with van der Waals surface area (Å²) in [6.45, 7) is 4.68. The van der Waals surface area contributed by atoms with Crippen LogP contribution in [0.3, 0.4) is 0 Å². The predicted molar refractivity (Wildman–Crippen MR) is 451 cm³/mol. The lowest BCUT2D eigenvalue weighted by Crippen LogP contribution is -2.14. The maximum atomic E-state index is 6.32. The molecule has 0 atom stereocenters. The zero-order valence-electron chi connectivity index (χ0n) is 60.0. The lowest BCUT2D eigenvalue weighted by atomic mass is 9.81. The van der Waals surface area contributed by atoms with E-state index in [0.717, 1.165) is 104 Å². The van der Waals surface area contributed by atoms with Gasteiger partial charge in [-0.25, -0.2) is 19.9 Å². The van der Waals surface area contributed by atoms with E-state index in [9.17, 15) is 0 Å². The fourth-order valence-corrected chi connectivity index (χ4v) is 18.8. The van der Waals surface area contributed by atoms with Crippen LogP contribution in [0.2, 0.25) is 0 Å². The molecule has 0 saturated carbocycles. The summed E-state index contributed by atoms with van der Waals surface area (Å²) in [7, 11) is 0. The first-order chi connectivity index (χ1) is 54.8. The van der Waals surface area contributed by atoms with Gasteiger partial charge in [-0.05, 0) is 145 Å². The molecule has 15 aromatic carbocycles. The number of fused-ring (bicyclic) bond motifs is 18. The van der Waals surface area contributed by atoms with Gasteiger partial charge in [0.25, 0.3) is 0 Å². The second-order valence-electron chi connectivity index (χ2n) is 29.3. The maximum absolute atomic E-state index is 6.32. The maximum Gasteiger partial charge on any atom is 0.237 e. The number of ether oxygens (including phenoxy) is 2. The zero-order valence-corrected chi connectivity index (χ0v) is 60.8. The summed E-state index contributed by atoms with van der Waals surface area (Å²) in [5.74, 6) is 4.75. The van der Waals surface area contributed by atoms with Crippen molar-refractivity contribution < 1.29 is 9.47 Å². The lowest BCUT2D eigenvalue weighted by Gasteiger charge is -2.22. The highest BCUT2D eigenvalue weighted by Gasteiger charge is 2.36. The van der Waals surface area contributed by atoms with Crippen molar-refractivity contribution in [3.8, 4) is 108 Å². The summed E-state index contributed by atoms with van der Waals surface area (Å²) in [5, 5.41) is 13.8. The molecule has 9 heterocycles. The van der Waals surface area contributed by atoms with E-state index in [1.54, 1.807) is 11.8 Å². The van der Waals surface area contributed by atoms with Gasteiger partial charge in [0.05, 0.1) is 49.7 Å². The normalized spacial score (nSPS) is 13.0. The van der Waals surface area contributed by atoms with Crippen LogP contribution in [-0.2, 0) is 5.41 Å². The van der Waals surface area contributed by atoms with Crippen molar-refractivity contribution >= 4 is 110 Å². The van der Waals surface area contributed by atoms with E-state index in [1.807, 2.05) is 54.9 Å². The van der Waals surface area contributed by atoms with E-state index in [2.05, 4.69) is 307 Å². The van der Waals surface area contributed by atoms with Crippen LogP contribution in [-0.4, -0.2) is 43.6 Å². The Morgan fingerprint density at radius 3 is 1.29 bits per heavy atom. The van der Waals surface area contributed by atoms with E-state index in [1.165, 1.54) is 92.8 Å². The number of benzene rings is 15. The van der Waals surface area contributed by atoms with E-state index in [0.29, 0.717) is 29.6 Å². The molecule has 0 fully saturated rings. The summed E-state index contributed by atoms with van der Waals surface area (Å²) in [6, 6.07) is 113. The standard InChI is InChI=1S/C41H27N3S.C32H19N3O.C26H15N3O/c1-41(2)32-14-6-3-10-26(32)27-20-18-25(23-33(27)41)24-19-21-36-31(22-24)28-11-4-7-16-35(28)44(36)40-42-34-15-9-13-30-29-12-5-8-17-37(29)45-39(43-40)38(30)34;1-2-8-20(9-3-1)22-16-17-28-25(18-22)23-12-4-5-14-27(23)35(28)32-33-19-26-24-13-6-10-21-11-7-15-29(30(21)24)36-31(26)34-32;1-3-12-21-17(9-1)18-10-2-4-13-22(18)29(21)26-27-15-20-19-11-5-7-16-8-6-14-23(24(16)19)30-25(20)28-26/h3-23H,1-2H3;1-19H;1-15H. The van der Waals surface area contributed by atoms with Crippen molar-refractivity contribution in [2.75, 3.05) is 0 Å². The van der Waals surface area contributed by atoms with Crippen LogP contribution in [0, 0.1) is 0 Å². The Bertz CT molecular complexity index is 7500. The number of nitrogens with zero attached hydrogens (tertiary/aromatic N) is 9. The average Bonchev–Trinajstić information content (AvgIpc) is 1.68. The van der Waals surface area contributed by atoms with Crippen molar-refractivity contribution in [1.29, 1.82) is 0 Å². The fraction of sp³-hybridized carbons (Fsp3) is 0.0303. The van der Waals surface area contributed by atoms with Crippen molar-refractivity contribution in [2.45, 2.75) is 29.2 Å². The Morgan fingerprint density at radius 2 is 0.712 bits per heavy atom. The molecule has 6 aromatic heterocycles. The molecule has 0 spiro atoms. The molecule has 0 bridgehead atoms. The van der Waals surface area contributed by atoms with Crippen LogP contribution in [0.4, 0.5) is 0 Å². The SMILES string of the molecule is CC1(C)c2ccccc2-c2ccc(-c3ccc4c(c3)c3ccccc3n4-c3nc4c5c(cccc5n3)-c3ccccc3S4)cc21.c1cc2c3c(cccc3c1)-c1cnc(-n3c4ccccc4c4ccccc43)nc1O2.c1ccc(-c2ccc3c(c2)c2ccccc2n3-c2ncc3c(n2)Oc2cccc4cccc-3c24)cc1. The minimum absolute atomic E-state index is 0.0336. The van der Waals surface area contributed by atoms with Gasteiger partial charge in [0.15, 0.2) is 0 Å². The third-order valence-electron chi connectivity index (χ3n) is 22.8. The molecule has 3 aliphatic heterocycles. The molecule has 0 radical (unpaired) electrons. The second-order valence-corrected chi connectivity index (χ2v) is 30.3. The van der Waals surface area contributed by atoms with Gasteiger partial charge in [-0.1, -0.05) is 268 Å². The molecule has 25 rings (SSSR count). The van der Waals surface area contributed by atoms with Crippen LogP contribution >= 0.6 is 11.8 Å². The van der Waals surface area contributed by atoms with Crippen LogP contribution < -0.4 is 9.47 Å². The first-order valence-electron chi connectivity index (χ1n) is 37.4. The summed E-state index contributed by atoms with van der Waals surface area (Å²) < 4.78 is 19.0. The van der Waals surface area contributed by atoms with Gasteiger partial charge >= 0.3 is 0 Å². The monoisotopic (exact) mass is 1440 g/mol. The van der Waals surface area contributed by atoms with Crippen molar-refractivity contribution in [3.63, 3.8) is 0 Å². The number of rotatable bonds is 5. The molecule has 1 aliphatic carbocycles. The fourth-order valence-electron chi connectivity index (χ4n) is 17.7. The van der Waals surface area contributed by atoms with Gasteiger partial charge in [0.1, 0.15) is 16.5 Å². The van der Waals surface area contributed by atoms with Gasteiger partial charge in [0.2, 0.25) is 29.6 Å². The quantitative estimate of drug-likeness (QED) is 0.156. The molecule has 0 unspecified atom stereocenters. The molecule has 0 saturated heterocycles. The Balaban J connectivity index is 0.000000102. The average molecular weight is 1440 g/mol. The smallest absolute Gasteiger partial charge is 0.237 e. The highest BCUT2D eigenvalue weighted by molar-refractivity contribution is 7.99. The largest absolute Gasteiger partial charge is 0.438 e. The third kappa shape index (κ3) is 9.67. The number of para-hydroxylation sites is 4. The van der Waals surface area contributed by atoms with Crippen LogP contribution in [0.5, 0.6) is 23.3 Å². The van der Waals surface area contributed by atoms with Gasteiger partial charge < -0.3 is 9.47 Å². The molecule has 520 valence electrons. The summed E-state index contributed by atoms with van der Waals surface area (Å²) >= 11 is 1.74. The summed E-state index contributed by atoms with van der Waals surface area (Å²) in [5.41, 5.74) is 24.3. The number of hydrogen-bond donors (Lipinski definition) is 0. The van der Waals surface area contributed by atoms with Crippen LogP contribution in [0.25, 0.3) is 182 Å². The molecule has 111 heavy (non-hydrogen) atoms. The highest BCUT2D eigenvalue weighted by Crippen LogP contribution is 2.53. The Kier molecular flexibility index (Phi) is 13.8. The van der Waals surface area contributed by atoms with Gasteiger partial charge in [-0.15, -0.1) is 0 Å². The second kappa shape index (κ2) is 24.3. The van der Waals surface area contributed by atoms with E-state index in [-0.39, 0.29) is 5.41 Å². The highest BCUT2D eigenvalue weighted by atomic mass is 32.2. The molecule has 0 amide bonds. The Morgan fingerprint density at radius 1 is 0.288 bits per heavy atom. The first kappa shape index (κ1) is 62.8. The van der Waals surface area contributed by atoms with E-state index >= 15 is 0 Å². The molecule has 12 heteroatoms. The summed E-state index contributed by atoms with van der Waals surface area (Å²) in [6.07, 6.45) is 3.77. The number of hydrogen-bond acceptors (Lipinski definition) is 9. The topological polar surface area (TPSA) is 111 Å². The Hall–Kier alpha value is -14.3. The van der Waals surface area contributed by atoms with E-state index in [4.69, 9.17) is 39.4 Å². The predicted octanol–water partition coefficient (Wildman–Crippen LogP) is 25.5. The molecule has 11 nitrogen and oxygen atoms in total. The molecule has 0 N–H and O–H groups in total. The molecular formula is C99H61N9O2S. The zero-order chi connectivity index (χ0) is 73.2. The minimum atomic E-state index is -0.0336. The van der Waals surface area contributed by atoms with Crippen molar-refractivity contribution in [3.05, 3.63) is 345 Å².